The van der Waals surface area contributed by atoms with Crippen molar-refractivity contribution in [1.29, 1.82) is 0 Å². The summed E-state index contributed by atoms with van der Waals surface area (Å²) >= 11 is 0. The molecule has 0 aliphatic carbocycles. The van der Waals surface area contributed by atoms with Crippen molar-refractivity contribution in [2.24, 2.45) is 0 Å². The van der Waals surface area contributed by atoms with Gasteiger partial charge in [0, 0.05) is 12.1 Å². The summed E-state index contributed by atoms with van der Waals surface area (Å²) in [5.41, 5.74) is 2.93. The van der Waals surface area contributed by atoms with Crippen molar-refractivity contribution in [3.63, 3.8) is 0 Å². The maximum Gasteiger partial charge on any atom is 0.261 e. The number of aryl methyl sites for hydroxylation is 1. The Balaban J connectivity index is 1.64. The zero-order chi connectivity index (χ0) is 20.9. The molecule has 3 rings (SSSR count). The van der Waals surface area contributed by atoms with Gasteiger partial charge in [0.15, 0.2) is 0 Å². The summed E-state index contributed by atoms with van der Waals surface area (Å²) in [7, 11) is -3.72. The van der Waals surface area contributed by atoms with E-state index in [2.05, 4.69) is 10.0 Å². The van der Waals surface area contributed by atoms with E-state index in [-0.39, 0.29) is 16.7 Å². The number of anilines is 1. The summed E-state index contributed by atoms with van der Waals surface area (Å²) in [6.07, 6.45) is 0. The standard InChI is InChI=1S/C23H24N2O3S/c1-17-8-6-7-11-22(17)25-29(27,28)21-14-12-20(13-15-21)23(26)24-16-18(2)19-9-4-3-5-10-19/h3-15,18,25H,16H2,1-2H3,(H,24,26)/t18-/m1/s1. The van der Waals surface area contributed by atoms with Crippen LogP contribution in [0.15, 0.2) is 83.8 Å². The molecular formula is C23H24N2O3S. The average molecular weight is 409 g/mol. The van der Waals surface area contributed by atoms with Gasteiger partial charge in [-0.05, 0) is 54.3 Å². The smallest absolute Gasteiger partial charge is 0.261 e. The van der Waals surface area contributed by atoms with E-state index in [9.17, 15) is 13.2 Å². The van der Waals surface area contributed by atoms with Crippen molar-refractivity contribution >= 4 is 21.6 Å². The lowest BCUT2D eigenvalue weighted by Crippen LogP contribution is -2.27. The Morgan fingerprint density at radius 1 is 0.897 bits per heavy atom. The van der Waals surface area contributed by atoms with Crippen LogP contribution in [-0.2, 0) is 10.0 Å². The second kappa shape index (κ2) is 8.92. The molecule has 29 heavy (non-hydrogen) atoms. The first kappa shape index (κ1) is 20.6. The Morgan fingerprint density at radius 2 is 1.52 bits per heavy atom. The van der Waals surface area contributed by atoms with Crippen LogP contribution in [0.5, 0.6) is 0 Å². The first-order chi connectivity index (χ1) is 13.9. The molecule has 1 amide bonds. The molecule has 3 aromatic rings. The minimum Gasteiger partial charge on any atom is -0.351 e. The number of carbonyl (C=O) groups excluding carboxylic acids is 1. The number of para-hydroxylation sites is 1. The van der Waals surface area contributed by atoms with E-state index in [1.165, 1.54) is 24.3 Å². The molecule has 150 valence electrons. The van der Waals surface area contributed by atoms with E-state index in [0.717, 1.165) is 11.1 Å². The molecule has 0 radical (unpaired) electrons. The van der Waals surface area contributed by atoms with Gasteiger partial charge in [0.25, 0.3) is 15.9 Å². The van der Waals surface area contributed by atoms with Gasteiger partial charge in [-0.3, -0.25) is 9.52 Å². The van der Waals surface area contributed by atoms with Crippen molar-refractivity contribution in [2.45, 2.75) is 24.7 Å². The molecule has 0 saturated carbocycles. The fraction of sp³-hybridized carbons (Fsp3) is 0.174. The summed E-state index contributed by atoms with van der Waals surface area (Å²) in [6.45, 7) is 4.38. The van der Waals surface area contributed by atoms with Crippen LogP contribution in [0.1, 0.15) is 34.3 Å². The van der Waals surface area contributed by atoms with Gasteiger partial charge in [0.05, 0.1) is 10.6 Å². The molecule has 6 heteroatoms. The number of nitrogens with one attached hydrogen (secondary N) is 2. The number of rotatable bonds is 7. The predicted octanol–water partition coefficient (Wildman–Crippen LogP) is 4.33. The Hall–Kier alpha value is -3.12. The highest BCUT2D eigenvalue weighted by Gasteiger charge is 2.16. The quantitative estimate of drug-likeness (QED) is 0.611. The third-order valence-electron chi connectivity index (χ3n) is 4.75. The van der Waals surface area contributed by atoms with E-state index < -0.39 is 10.0 Å². The van der Waals surface area contributed by atoms with Crippen LogP contribution in [0.4, 0.5) is 5.69 Å². The maximum atomic E-state index is 12.6. The SMILES string of the molecule is Cc1ccccc1NS(=O)(=O)c1ccc(C(=O)NC[C@@H](C)c2ccccc2)cc1. The normalized spacial score (nSPS) is 12.2. The number of hydrogen-bond acceptors (Lipinski definition) is 3. The highest BCUT2D eigenvalue weighted by molar-refractivity contribution is 7.92. The van der Waals surface area contributed by atoms with Crippen LogP contribution < -0.4 is 10.0 Å². The summed E-state index contributed by atoms with van der Waals surface area (Å²) in [5, 5.41) is 2.90. The Kier molecular flexibility index (Phi) is 6.34. The monoisotopic (exact) mass is 408 g/mol. The van der Waals surface area contributed by atoms with E-state index in [4.69, 9.17) is 0 Å². The minimum atomic E-state index is -3.72. The third-order valence-corrected chi connectivity index (χ3v) is 6.14. The van der Waals surface area contributed by atoms with Crippen molar-refractivity contribution in [1.82, 2.24) is 5.32 Å². The van der Waals surface area contributed by atoms with E-state index in [0.29, 0.717) is 17.8 Å². The molecule has 0 fully saturated rings. The van der Waals surface area contributed by atoms with Crippen molar-refractivity contribution < 1.29 is 13.2 Å². The lowest BCUT2D eigenvalue weighted by Gasteiger charge is -2.13. The van der Waals surface area contributed by atoms with Crippen molar-refractivity contribution in [2.75, 3.05) is 11.3 Å². The zero-order valence-corrected chi connectivity index (χ0v) is 17.2. The van der Waals surface area contributed by atoms with Gasteiger partial charge in [0.1, 0.15) is 0 Å². The number of carbonyl (C=O) groups is 1. The lowest BCUT2D eigenvalue weighted by molar-refractivity contribution is 0.0951. The summed E-state index contributed by atoms with van der Waals surface area (Å²) < 4.78 is 27.8. The predicted molar refractivity (Wildman–Crippen MR) is 116 cm³/mol. The summed E-state index contributed by atoms with van der Waals surface area (Å²) in [6, 6.07) is 23.0. The minimum absolute atomic E-state index is 0.106. The van der Waals surface area contributed by atoms with Crippen LogP contribution in [0, 0.1) is 6.92 Å². The molecule has 1 atom stereocenters. The van der Waals surface area contributed by atoms with Crippen LogP contribution in [-0.4, -0.2) is 20.9 Å². The fourth-order valence-electron chi connectivity index (χ4n) is 2.92. The van der Waals surface area contributed by atoms with Gasteiger partial charge in [-0.15, -0.1) is 0 Å². The summed E-state index contributed by atoms with van der Waals surface area (Å²) in [4.78, 5) is 12.5. The van der Waals surface area contributed by atoms with Crippen LogP contribution in [0.2, 0.25) is 0 Å². The second-order valence-electron chi connectivity index (χ2n) is 6.97. The zero-order valence-electron chi connectivity index (χ0n) is 16.4. The summed E-state index contributed by atoms with van der Waals surface area (Å²) in [5.74, 6) is -0.0540. The van der Waals surface area contributed by atoms with Crippen molar-refractivity contribution in [3.8, 4) is 0 Å². The molecule has 3 aromatic carbocycles. The molecule has 0 bridgehead atoms. The number of hydrogen-bond donors (Lipinski definition) is 2. The van der Waals surface area contributed by atoms with E-state index in [1.54, 1.807) is 12.1 Å². The molecule has 0 aliphatic rings. The largest absolute Gasteiger partial charge is 0.351 e. The van der Waals surface area contributed by atoms with Crippen LogP contribution in [0.25, 0.3) is 0 Å². The topological polar surface area (TPSA) is 75.3 Å². The Labute approximate surface area is 171 Å². The molecule has 0 unspecified atom stereocenters. The average Bonchev–Trinajstić information content (AvgIpc) is 2.74. The molecule has 0 aromatic heterocycles. The Bertz CT molecular complexity index is 1080. The molecular weight excluding hydrogens is 384 g/mol. The van der Waals surface area contributed by atoms with Gasteiger partial charge in [-0.1, -0.05) is 55.5 Å². The van der Waals surface area contributed by atoms with Gasteiger partial charge in [-0.25, -0.2) is 8.42 Å². The first-order valence-electron chi connectivity index (χ1n) is 9.38. The highest BCUT2D eigenvalue weighted by atomic mass is 32.2. The molecule has 0 spiro atoms. The molecule has 5 nitrogen and oxygen atoms in total. The number of benzene rings is 3. The number of sulfonamides is 1. The van der Waals surface area contributed by atoms with Crippen molar-refractivity contribution in [3.05, 3.63) is 95.6 Å². The van der Waals surface area contributed by atoms with Gasteiger partial charge in [-0.2, -0.15) is 0 Å². The van der Waals surface area contributed by atoms with Crippen LogP contribution in [0.3, 0.4) is 0 Å². The molecule has 2 N–H and O–H groups in total. The lowest BCUT2D eigenvalue weighted by atomic mass is 10.0. The molecule has 0 heterocycles. The second-order valence-corrected chi connectivity index (χ2v) is 8.65. The van der Waals surface area contributed by atoms with E-state index >= 15 is 0 Å². The first-order valence-corrected chi connectivity index (χ1v) is 10.9. The highest BCUT2D eigenvalue weighted by Crippen LogP contribution is 2.20. The van der Waals surface area contributed by atoms with Crippen LogP contribution >= 0.6 is 0 Å². The van der Waals surface area contributed by atoms with E-state index in [1.807, 2.05) is 56.3 Å². The number of amides is 1. The maximum absolute atomic E-state index is 12.6. The molecule has 0 saturated heterocycles. The Morgan fingerprint density at radius 3 is 2.17 bits per heavy atom. The van der Waals surface area contributed by atoms with Gasteiger partial charge in [0.2, 0.25) is 0 Å². The van der Waals surface area contributed by atoms with Gasteiger partial charge >= 0.3 is 0 Å². The van der Waals surface area contributed by atoms with Gasteiger partial charge < -0.3 is 5.32 Å². The fourth-order valence-corrected chi connectivity index (χ4v) is 4.05. The third kappa shape index (κ3) is 5.23. The molecule has 0 aliphatic heterocycles.